The quantitative estimate of drug-likeness (QED) is 0.758. The van der Waals surface area contributed by atoms with Gasteiger partial charge >= 0.3 is 6.03 Å². The highest BCUT2D eigenvalue weighted by molar-refractivity contribution is 6.30. The Bertz CT molecular complexity index is 968. The summed E-state index contributed by atoms with van der Waals surface area (Å²) in [6.07, 6.45) is 2.63. The minimum atomic E-state index is -0.639. The number of rotatable bonds is 4. The van der Waals surface area contributed by atoms with Gasteiger partial charge in [0.25, 0.3) is 0 Å². The third kappa shape index (κ3) is 4.98. The highest BCUT2D eigenvalue weighted by Crippen LogP contribution is 2.25. The van der Waals surface area contributed by atoms with E-state index in [0.29, 0.717) is 23.8 Å². The summed E-state index contributed by atoms with van der Waals surface area (Å²) in [5.41, 5.74) is 3.28. The standard InChI is InChI=1S/C22H26ClN5O3/c1-27-8-7-14-9-17(5-3-15(14)12-27)25-21(29)19-10-18(31-2)13-28(19)22(30)26-20-6-4-16(23)11-24-20/h3-6,9,11,18-19H,7-8,10,12-13H2,1-2H3,(H,25,29)(H,24,26,30)/t18-,19-/m1/s1. The number of hydrogen-bond acceptors (Lipinski definition) is 5. The Morgan fingerprint density at radius 2 is 2.03 bits per heavy atom. The Morgan fingerprint density at radius 1 is 1.19 bits per heavy atom. The number of methoxy groups -OCH3 is 1. The van der Waals surface area contributed by atoms with Crippen molar-refractivity contribution in [2.24, 2.45) is 0 Å². The van der Waals surface area contributed by atoms with Crippen molar-refractivity contribution in [3.63, 3.8) is 0 Å². The molecule has 0 aliphatic carbocycles. The molecule has 0 saturated carbocycles. The van der Waals surface area contributed by atoms with E-state index >= 15 is 0 Å². The average molecular weight is 444 g/mol. The Balaban J connectivity index is 1.46. The lowest BCUT2D eigenvalue weighted by Gasteiger charge is -2.26. The summed E-state index contributed by atoms with van der Waals surface area (Å²) in [7, 11) is 3.69. The molecule has 3 heterocycles. The van der Waals surface area contributed by atoms with Crippen LogP contribution in [0.1, 0.15) is 17.5 Å². The van der Waals surface area contributed by atoms with Crippen LogP contribution in [0, 0.1) is 0 Å². The Morgan fingerprint density at radius 3 is 2.77 bits per heavy atom. The molecule has 4 rings (SSSR count). The first-order chi connectivity index (χ1) is 14.9. The predicted octanol–water partition coefficient (Wildman–Crippen LogP) is 2.98. The van der Waals surface area contributed by atoms with Crippen molar-refractivity contribution in [1.82, 2.24) is 14.8 Å². The van der Waals surface area contributed by atoms with E-state index in [0.717, 1.165) is 25.2 Å². The summed E-state index contributed by atoms with van der Waals surface area (Å²) >= 11 is 5.85. The van der Waals surface area contributed by atoms with Crippen molar-refractivity contribution in [2.45, 2.75) is 31.5 Å². The van der Waals surface area contributed by atoms with E-state index in [-0.39, 0.29) is 12.0 Å². The average Bonchev–Trinajstić information content (AvgIpc) is 3.20. The molecule has 3 amide bonds. The minimum absolute atomic E-state index is 0.209. The lowest BCUT2D eigenvalue weighted by molar-refractivity contribution is -0.119. The van der Waals surface area contributed by atoms with Crippen molar-refractivity contribution in [1.29, 1.82) is 0 Å². The fourth-order valence-corrected chi connectivity index (χ4v) is 4.18. The fourth-order valence-electron chi connectivity index (χ4n) is 4.07. The number of likely N-dealkylation sites (N-methyl/N-ethyl adjacent to an activating group) is 1. The van der Waals surface area contributed by atoms with Gasteiger partial charge in [0.15, 0.2) is 0 Å². The Kier molecular flexibility index (Phi) is 6.41. The number of urea groups is 1. The normalized spacial score (nSPS) is 20.9. The third-order valence-electron chi connectivity index (χ3n) is 5.80. The van der Waals surface area contributed by atoms with Gasteiger partial charge < -0.3 is 19.9 Å². The molecule has 2 atom stereocenters. The van der Waals surface area contributed by atoms with Gasteiger partial charge in [0.1, 0.15) is 11.9 Å². The highest BCUT2D eigenvalue weighted by Gasteiger charge is 2.40. The minimum Gasteiger partial charge on any atom is -0.380 e. The smallest absolute Gasteiger partial charge is 0.323 e. The maximum Gasteiger partial charge on any atom is 0.323 e. The molecule has 0 bridgehead atoms. The molecule has 1 aromatic carbocycles. The molecule has 2 aliphatic heterocycles. The molecular weight excluding hydrogens is 418 g/mol. The van der Waals surface area contributed by atoms with Gasteiger partial charge in [-0.25, -0.2) is 9.78 Å². The zero-order chi connectivity index (χ0) is 22.0. The number of anilines is 2. The summed E-state index contributed by atoms with van der Waals surface area (Å²) in [6, 6.07) is 8.23. The van der Waals surface area contributed by atoms with Gasteiger partial charge in [0, 0.05) is 45.0 Å². The zero-order valence-corrected chi connectivity index (χ0v) is 18.4. The van der Waals surface area contributed by atoms with E-state index in [4.69, 9.17) is 16.3 Å². The number of carbonyl (C=O) groups is 2. The highest BCUT2D eigenvalue weighted by atomic mass is 35.5. The fraction of sp³-hybridized carbons (Fsp3) is 0.409. The van der Waals surface area contributed by atoms with E-state index in [2.05, 4.69) is 33.6 Å². The van der Waals surface area contributed by atoms with Crippen LogP contribution in [0.3, 0.4) is 0 Å². The van der Waals surface area contributed by atoms with Crippen LogP contribution in [0.4, 0.5) is 16.3 Å². The number of ether oxygens (including phenoxy) is 1. The lowest BCUT2D eigenvalue weighted by Crippen LogP contribution is -2.45. The number of benzene rings is 1. The van der Waals surface area contributed by atoms with E-state index in [9.17, 15) is 9.59 Å². The van der Waals surface area contributed by atoms with E-state index in [1.54, 1.807) is 19.2 Å². The zero-order valence-electron chi connectivity index (χ0n) is 17.6. The molecule has 31 heavy (non-hydrogen) atoms. The number of carbonyl (C=O) groups excluding carboxylic acids is 2. The number of amides is 3. The molecule has 1 fully saturated rings. The SMILES string of the molecule is CO[C@@H]1C[C@H](C(=O)Nc2ccc3c(c2)CCN(C)C3)N(C(=O)Nc2ccc(Cl)cn2)C1. The molecule has 0 spiro atoms. The van der Waals surface area contributed by atoms with Crippen molar-refractivity contribution >= 4 is 35.0 Å². The van der Waals surface area contributed by atoms with Crippen molar-refractivity contribution in [3.8, 4) is 0 Å². The number of likely N-dealkylation sites (tertiary alicyclic amines) is 1. The molecule has 0 radical (unpaired) electrons. The van der Waals surface area contributed by atoms with Crippen LogP contribution in [0.25, 0.3) is 0 Å². The second-order valence-corrected chi connectivity index (χ2v) is 8.45. The third-order valence-corrected chi connectivity index (χ3v) is 6.02. The van der Waals surface area contributed by atoms with E-state index in [1.165, 1.54) is 22.2 Å². The molecule has 8 nitrogen and oxygen atoms in total. The number of aromatic nitrogens is 1. The Labute approximate surface area is 186 Å². The monoisotopic (exact) mass is 443 g/mol. The van der Waals surface area contributed by atoms with Crippen LogP contribution in [-0.4, -0.2) is 66.1 Å². The van der Waals surface area contributed by atoms with Gasteiger partial charge in [0.05, 0.1) is 11.1 Å². The summed E-state index contributed by atoms with van der Waals surface area (Å²) in [5, 5.41) is 6.19. The van der Waals surface area contributed by atoms with Crippen molar-refractivity contribution < 1.29 is 14.3 Å². The van der Waals surface area contributed by atoms with Crippen LogP contribution in [0.5, 0.6) is 0 Å². The lowest BCUT2D eigenvalue weighted by atomic mass is 9.99. The summed E-state index contributed by atoms with van der Waals surface area (Å²) in [6.45, 7) is 2.23. The number of hydrogen-bond donors (Lipinski definition) is 2. The van der Waals surface area contributed by atoms with E-state index in [1.807, 2.05) is 12.1 Å². The van der Waals surface area contributed by atoms with Crippen molar-refractivity contribution in [2.75, 3.05) is 37.9 Å². The van der Waals surface area contributed by atoms with Gasteiger partial charge in [-0.15, -0.1) is 0 Å². The van der Waals surface area contributed by atoms with Crippen LogP contribution in [0.2, 0.25) is 5.02 Å². The van der Waals surface area contributed by atoms with Crippen LogP contribution in [0.15, 0.2) is 36.5 Å². The predicted molar refractivity (Wildman–Crippen MR) is 119 cm³/mol. The first kappa shape index (κ1) is 21.5. The molecule has 2 aromatic rings. The second-order valence-electron chi connectivity index (χ2n) is 8.01. The molecule has 2 aliphatic rings. The summed E-state index contributed by atoms with van der Waals surface area (Å²) in [4.78, 5) is 33.8. The number of nitrogens with one attached hydrogen (secondary N) is 2. The maximum absolute atomic E-state index is 13.1. The molecule has 2 N–H and O–H groups in total. The molecule has 0 unspecified atom stereocenters. The number of nitrogens with zero attached hydrogens (tertiary/aromatic N) is 3. The van der Waals surface area contributed by atoms with Gasteiger partial charge in [0.2, 0.25) is 5.91 Å². The molecule has 1 saturated heterocycles. The number of pyridine rings is 1. The first-order valence-corrected chi connectivity index (χ1v) is 10.6. The Hall–Kier alpha value is -2.68. The number of fused-ring (bicyclic) bond motifs is 1. The summed E-state index contributed by atoms with van der Waals surface area (Å²) < 4.78 is 5.43. The van der Waals surface area contributed by atoms with Crippen LogP contribution in [-0.2, 0) is 22.5 Å². The molecule has 164 valence electrons. The maximum atomic E-state index is 13.1. The molecule has 1 aromatic heterocycles. The van der Waals surface area contributed by atoms with Gasteiger partial charge in [-0.05, 0) is 48.9 Å². The van der Waals surface area contributed by atoms with Crippen LogP contribution < -0.4 is 10.6 Å². The first-order valence-electron chi connectivity index (χ1n) is 10.3. The largest absolute Gasteiger partial charge is 0.380 e. The van der Waals surface area contributed by atoms with Gasteiger partial charge in [-0.1, -0.05) is 17.7 Å². The second kappa shape index (κ2) is 9.21. The topological polar surface area (TPSA) is 86.8 Å². The van der Waals surface area contributed by atoms with Crippen molar-refractivity contribution in [3.05, 3.63) is 52.7 Å². The number of halogens is 1. The summed E-state index contributed by atoms with van der Waals surface area (Å²) in [5.74, 6) is 0.140. The van der Waals surface area contributed by atoms with Gasteiger partial charge in [-0.2, -0.15) is 0 Å². The van der Waals surface area contributed by atoms with E-state index < -0.39 is 12.1 Å². The van der Waals surface area contributed by atoms with Gasteiger partial charge in [-0.3, -0.25) is 10.1 Å². The molecule has 9 heteroatoms. The van der Waals surface area contributed by atoms with Crippen LogP contribution >= 0.6 is 11.6 Å². The molecular formula is C22H26ClN5O3.